The number of aryl methyl sites for hydroxylation is 1. The summed E-state index contributed by atoms with van der Waals surface area (Å²) in [5, 5.41) is 5.44. The third kappa shape index (κ3) is 4.29. The SMILES string of the molecule is C[SiH](C)OC(CCn1nc(I)c2cc(F)ccc21)C(C)(C)C. The van der Waals surface area contributed by atoms with Crippen LogP contribution in [0.25, 0.3) is 10.9 Å². The average Bonchev–Trinajstić information content (AvgIpc) is 2.69. The number of hydrogen-bond acceptors (Lipinski definition) is 2. The van der Waals surface area contributed by atoms with Gasteiger partial charge in [-0.3, -0.25) is 4.68 Å². The third-order valence-electron chi connectivity index (χ3n) is 3.67. The Labute approximate surface area is 147 Å². The van der Waals surface area contributed by atoms with Gasteiger partial charge in [-0.1, -0.05) is 20.8 Å². The van der Waals surface area contributed by atoms with Crippen LogP contribution in [0.3, 0.4) is 0 Å². The number of halogens is 2. The van der Waals surface area contributed by atoms with Crippen LogP contribution in [0.5, 0.6) is 0 Å². The van der Waals surface area contributed by atoms with Crippen molar-refractivity contribution >= 4 is 42.5 Å². The molecule has 0 bridgehead atoms. The molecule has 0 radical (unpaired) electrons. The van der Waals surface area contributed by atoms with Gasteiger partial charge >= 0.3 is 0 Å². The zero-order chi connectivity index (χ0) is 16.5. The van der Waals surface area contributed by atoms with E-state index in [0.717, 1.165) is 27.6 Å². The Morgan fingerprint density at radius 3 is 2.64 bits per heavy atom. The molecule has 122 valence electrons. The van der Waals surface area contributed by atoms with Crippen LogP contribution in [0.2, 0.25) is 13.1 Å². The van der Waals surface area contributed by atoms with Crippen LogP contribution in [0, 0.1) is 14.9 Å². The van der Waals surface area contributed by atoms with Crippen LogP contribution in [-0.4, -0.2) is 24.9 Å². The van der Waals surface area contributed by atoms with Gasteiger partial charge in [0.15, 0.2) is 9.04 Å². The van der Waals surface area contributed by atoms with Crippen molar-refractivity contribution in [1.29, 1.82) is 0 Å². The van der Waals surface area contributed by atoms with Crippen molar-refractivity contribution in [2.24, 2.45) is 5.41 Å². The second-order valence-electron chi connectivity index (χ2n) is 7.00. The molecule has 1 aromatic heterocycles. The quantitative estimate of drug-likeness (QED) is 0.509. The predicted octanol–water partition coefficient (Wildman–Crippen LogP) is 4.58. The molecular weight excluding hydrogens is 410 g/mol. The molecular formula is C16H24FIN2OSi. The summed E-state index contributed by atoms with van der Waals surface area (Å²) in [6.45, 7) is 11.8. The third-order valence-corrected chi connectivity index (χ3v) is 5.34. The zero-order valence-electron chi connectivity index (χ0n) is 13.9. The molecule has 0 amide bonds. The lowest BCUT2D eigenvalue weighted by Crippen LogP contribution is -2.34. The highest BCUT2D eigenvalue weighted by Gasteiger charge is 2.26. The van der Waals surface area contributed by atoms with Gasteiger partial charge in [-0.15, -0.1) is 0 Å². The van der Waals surface area contributed by atoms with Gasteiger partial charge < -0.3 is 4.43 Å². The smallest absolute Gasteiger partial charge is 0.171 e. The van der Waals surface area contributed by atoms with Crippen molar-refractivity contribution in [2.45, 2.75) is 52.9 Å². The number of benzene rings is 1. The van der Waals surface area contributed by atoms with Crippen LogP contribution in [0.15, 0.2) is 18.2 Å². The van der Waals surface area contributed by atoms with E-state index in [2.05, 4.69) is 61.6 Å². The second kappa shape index (κ2) is 6.96. The highest BCUT2D eigenvalue weighted by Crippen LogP contribution is 2.27. The summed E-state index contributed by atoms with van der Waals surface area (Å²) < 4.78 is 22.4. The van der Waals surface area contributed by atoms with E-state index < -0.39 is 9.04 Å². The van der Waals surface area contributed by atoms with Gasteiger partial charge in [0.2, 0.25) is 0 Å². The summed E-state index contributed by atoms with van der Waals surface area (Å²) >= 11 is 2.17. The van der Waals surface area contributed by atoms with Crippen molar-refractivity contribution in [3.63, 3.8) is 0 Å². The molecule has 2 aromatic rings. The summed E-state index contributed by atoms with van der Waals surface area (Å²) in [5.74, 6) is -0.216. The number of hydrogen-bond donors (Lipinski definition) is 0. The Balaban J connectivity index is 2.20. The maximum atomic E-state index is 13.4. The molecule has 2 rings (SSSR count). The maximum absolute atomic E-state index is 13.4. The molecule has 0 aliphatic carbocycles. The van der Waals surface area contributed by atoms with Crippen LogP contribution in [0.1, 0.15) is 27.2 Å². The van der Waals surface area contributed by atoms with Gasteiger partial charge in [0, 0.05) is 11.9 Å². The minimum atomic E-state index is -1.09. The second-order valence-corrected chi connectivity index (χ2v) is 10.4. The Morgan fingerprint density at radius 1 is 1.36 bits per heavy atom. The lowest BCUT2D eigenvalue weighted by Gasteiger charge is -2.32. The summed E-state index contributed by atoms with van der Waals surface area (Å²) in [6, 6.07) is 4.86. The molecule has 1 unspecified atom stereocenters. The first kappa shape index (κ1) is 17.9. The highest BCUT2D eigenvalue weighted by atomic mass is 127. The van der Waals surface area contributed by atoms with Gasteiger partial charge in [0.25, 0.3) is 0 Å². The first-order valence-corrected chi connectivity index (χ1v) is 11.5. The molecule has 1 heterocycles. The Kier molecular flexibility index (Phi) is 5.66. The molecule has 0 aliphatic rings. The Hall–Kier alpha value is -0.473. The van der Waals surface area contributed by atoms with E-state index in [1.165, 1.54) is 6.07 Å². The number of fused-ring (bicyclic) bond motifs is 1. The molecule has 6 heteroatoms. The van der Waals surface area contributed by atoms with Gasteiger partial charge in [-0.05, 0) is 65.7 Å². The fourth-order valence-electron chi connectivity index (χ4n) is 2.56. The monoisotopic (exact) mass is 434 g/mol. The summed E-state index contributed by atoms with van der Waals surface area (Å²) in [7, 11) is -1.09. The van der Waals surface area contributed by atoms with Crippen molar-refractivity contribution < 1.29 is 8.82 Å². The molecule has 0 fully saturated rings. The molecule has 22 heavy (non-hydrogen) atoms. The normalized spacial score (nSPS) is 14.0. The standard InChI is InChI=1S/C16H24FIN2OSi/c1-16(2,3)14(21-22(4)5)8-9-20-13-7-6-11(17)10-12(13)15(18)19-20/h6-7,10,14,22H,8-9H2,1-5H3. The highest BCUT2D eigenvalue weighted by molar-refractivity contribution is 14.1. The van der Waals surface area contributed by atoms with Crippen LogP contribution in [-0.2, 0) is 11.0 Å². The lowest BCUT2D eigenvalue weighted by atomic mass is 9.87. The zero-order valence-corrected chi connectivity index (χ0v) is 17.2. The molecule has 0 saturated heterocycles. The van der Waals surface area contributed by atoms with E-state index in [4.69, 9.17) is 4.43 Å². The van der Waals surface area contributed by atoms with Crippen molar-refractivity contribution in [3.05, 3.63) is 27.7 Å². The number of aromatic nitrogens is 2. The Bertz CT molecular complexity index is 651. The lowest BCUT2D eigenvalue weighted by molar-refractivity contribution is 0.0738. The van der Waals surface area contributed by atoms with Gasteiger partial charge in [0.05, 0.1) is 11.6 Å². The van der Waals surface area contributed by atoms with Crippen LogP contribution < -0.4 is 0 Å². The van der Waals surface area contributed by atoms with Crippen molar-refractivity contribution in [1.82, 2.24) is 9.78 Å². The molecule has 0 N–H and O–H groups in total. The molecule has 0 aliphatic heterocycles. The summed E-state index contributed by atoms with van der Waals surface area (Å²) in [5.41, 5.74) is 1.10. The van der Waals surface area contributed by atoms with Crippen molar-refractivity contribution in [3.8, 4) is 0 Å². The van der Waals surface area contributed by atoms with Gasteiger partial charge in [-0.2, -0.15) is 5.10 Å². The minimum absolute atomic E-state index is 0.111. The maximum Gasteiger partial charge on any atom is 0.171 e. The number of nitrogens with zero attached hydrogens (tertiary/aromatic N) is 2. The molecule has 1 aromatic carbocycles. The fraction of sp³-hybridized carbons (Fsp3) is 0.562. The summed E-state index contributed by atoms with van der Waals surface area (Å²) in [6.07, 6.45) is 1.13. The Morgan fingerprint density at radius 2 is 2.05 bits per heavy atom. The molecule has 1 atom stereocenters. The van der Waals surface area contributed by atoms with Crippen LogP contribution >= 0.6 is 22.6 Å². The average molecular weight is 434 g/mol. The fourth-order valence-corrected chi connectivity index (χ4v) is 4.45. The van der Waals surface area contributed by atoms with E-state index in [1.54, 1.807) is 6.07 Å². The molecule has 3 nitrogen and oxygen atoms in total. The van der Waals surface area contributed by atoms with Gasteiger partial charge in [-0.25, -0.2) is 4.39 Å². The van der Waals surface area contributed by atoms with E-state index in [9.17, 15) is 4.39 Å². The van der Waals surface area contributed by atoms with E-state index in [-0.39, 0.29) is 17.3 Å². The van der Waals surface area contributed by atoms with Crippen LogP contribution in [0.4, 0.5) is 4.39 Å². The van der Waals surface area contributed by atoms with E-state index in [1.807, 2.05) is 10.7 Å². The first-order chi connectivity index (χ1) is 10.2. The van der Waals surface area contributed by atoms with Crippen molar-refractivity contribution in [2.75, 3.05) is 0 Å². The predicted molar refractivity (Wildman–Crippen MR) is 100 cm³/mol. The van der Waals surface area contributed by atoms with Gasteiger partial charge in [0.1, 0.15) is 9.52 Å². The number of rotatable bonds is 5. The largest absolute Gasteiger partial charge is 0.417 e. The molecule has 0 spiro atoms. The topological polar surface area (TPSA) is 27.1 Å². The summed E-state index contributed by atoms with van der Waals surface area (Å²) in [4.78, 5) is 0. The van der Waals surface area contributed by atoms with E-state index >= 15 is 0 Å². The van der Waals surface area contributed by atoms with E-state index in [0.29, 0.717) is 0 Å². The minimum Gasteiger partial charge on any atom is -0.417 e. The first-order valence-electron chi connectivity index (χ1n) is 7.65. The molecule has 0 saturated carbocycles.